The van der Waals surface area contributed by atoms with Gasteiger partial charge in [-0.1, -0.05) is 19.1 Å². The van der Waals surface area contributed by atoms with Gasteiger partial charge in [-0.15, -0.1) is 0 Å². The van der Waals surface area contributed by atoms with E-state index in [0.29, 0.717) is 0 Å². The van der Waals surface area contributed by atoms with Gasteiger partial charge in [-0.05, 0) is 54.8 Å². The average molecular weight is 298 g/mol. The SMILES string of the molecule is CCCN(C(=O)c1cccc(C)c1Br)C(C)C. The molecule has 0 heterocycles. The van der Waals surface area contributed by atoms with Gasteiger partial charge < -0.3 is 4.90 Å². The minimum atomic E-state index is 0.109. The van der Waals surface area contributed by atoms with E-state index in [1.165, 1.54) is 0 Å². The van der Waals surface area contributed by atoms with Crippen LogP contribution >= 0.6 is 15.9 Å². The van der Waals surface area contributed by atoms with Crippen molar-refractivity contribution in [3.05, 3.63) is 33.8 Å². The third-order valence-corrected chi connectivity index (χ3v) is 3.82. The average Bonchev–Trinajstić information content (AvgIpc) is 2.28. The number of rotatable bonds is 4. The summed E-state index contributed by atoms with van der Waals surface area (Å²) in [7, 11) is 0. The third kappa shape index (κ3) is 3.32. The molecule has 0 aromatic heterocycles. The molecular weight excluding hydrogens is 278 g/mol. The summed E-state index contributed by atoms with van der Waals surface area (Å²) < 4.78 is 0.909. The smallest absolute Gasteiger partial charge is 0.255 e. The first-order chi connectivity index (χ1) is 7.99. The van der Waals surface area contributed by atoms with Gasteiger partial charge in [0.05, 0.1) is 5.56 Å². The van der Waals surface area contributed by atoms with E-state index in [4.69, 9.17) is 0 Å². The molecule has 1 amide bonds. The van der Waals surface area contributed by atoms with Crippen LogP contribution in [0.4, 0.5) is 0 Å². The largest absolute Gasteiger partial charge is 0.336 e. The van der Waals surface area contributed by atoms with Gasteiger partial charge in [0.1, 0.15) is 0 Å². The molecule has 0 saturated carbocycles. The molecule has 2 nitrogen and oxygen atoms in total. The molecule has 0 N–H and O–H groups in total. The molecule has 0 unspecified atom stereocenters. The number of aryl methyl sites for hydroxylation is 1. The molecule has 0 atom stereocenters. The van der Waals surface area contributed by atoms with Crippen LogP contribution < -0.4 is 0 Å². The van der Waals surface area contributed by atoms with Crippen LogP contribution in [0.25, 0.3) is 0 Å². The quantitative estimate of drug-likeness (QED) is 0.822. The summed E-state index contributed by atoms with van der Waals surface area (Å²) in [5.74, 6) is 0.109. The minimum Gasteiger partial charge on any atom is -0.336 e. The highest BCUT2D eigenvalue weighted by Crippen LogP contribution is 2.23. The van der Waals surface area contributed by atoms with Crippen LogP contribution in [0.3, 0.4) is 0 Å². The van der Waals surface area contributed by atoms with E-state index in [9.17, 15) is 4.79 Å². The second-order valence-corrected chi connectivity index (χ2v) is 5.32. The third-order valence-electron chi connectivity index (χ3n) is 2.77. The molecule has 1 aromatic carbocycles. The molecule has 17 heavy (non-hydrogen) atoms. The van der Waals surface area contributed by atoms with Gasteiger partial charge in [0.2, 0.25) is 0 Å². The fourth-order valence-corrected chi connectivity index (χ4v) is 2.24. The summed E-state index contributed by atoms with van der Waals surface area (Å²) in [6.07, 6.45) is 0.980. The molecule has 0 bridgehead atoms. The number of carbonyl (C=O) groups is 1. The van der Waals surface area contributed by atoms with Crippen LogP contribution in [0.5, 0.6) is 0 Å². The monoisotopic (exact) mass is 297 g/mol. The molecule has 0 aliphatic rings. The van der Waals surface area contributed by atoms with Crippen LogP contribution in [0, 0.1) is 6.92 Å². The topological polar surface area (TPSA) is 20.3 Å². The number of amides is 1. The van der Waals surface area contributed by atoms with Gasteiger partial charge in [-0.3, -0.25) is 4.79 Å². The highest BCUT2D eigenvalue weighted by molar-refractivity contribution is 9.10. The minimum absolute atomic E-state index is 0.109. The first-order valence-electron chi connectivity index (χ1n) is 6.05. The maximum Gasteiger partial charge on any atom is 0.255 e. The maximum atomic E-state index is 12.4. The number of hydrogen-bond donors (Lipinski definition) is 0. The zero-order valence-corrected chi connectivity index (χ0v) is 12.5. The Morgan fingerprint density at radius 2 is 2.06 bits per heavy atom. The Bertz CT molecular complexity index is 401. The Hall–Kier alpha value is -0.830. The van der Waals surface area contributed by atoms with Gasteiger partial charge in [0.15, 0.2) is 0 Å². The molecule has 0 saturated heterocycles. The predicted molar refractivity (Wildman–Crippen MR) is 75.3 cm³/mol. The normalized spacial score (nSPS) is 10.7. The number of benzene rings is 1. The van der Waals surface area contributed by atoms with Crippen molar-refractivity contribution in [1.82, 2.24) is 4.90 Å². The van der Waals surface area contributed by atoms with Crippen LogP contribution in [0.1, 0.15) is 43.1 Å². The van der Waals surface area contributed by atoms with Gasteiger partial charge in [-0.2, -0.15) is 0 Å². The Labute approximate surface area is 112 Å². The summed E-state index contributed by atoms with van der Waals surface area (Å²) in [6.45, 7) is 9.00. The van der Waals surface area contributed by atoms with E-state index in [0.717, 1.165) is 28.6 Å². The van der Waals surface area contributed by atoms with E-state index >= 15 is 0 Å². The Morgan fingerprint density at radius 1 is 1.41 bits per heavy atom. The van der Waals surface area contributed by atoms with E-state index < -0.39 is 0 Å². The fourth-order valence-electron chi connectivity index (χ4n) is 1.80. The molecule has 3 heteroatoms. The first kappa shape index (κ1) is 14.2. The number of carbonyl (C=O) groups excluding carboxylic acids is 1. The second kappa shape index (κ2) is 6.20. The lowest BCUT2D eigenvalue weighted by molar-refractivity contribution is 0.0705. The van der Waals surface area contributed by atoms with Gasteiger partial charge >= 0.3 is 0 Å². The molecule has 94 valence electrons. The number of hydrogen-bond acceptors (Lipinski definition) is 1. The molecule has 1 rings (SSSR count). The second-order valence-electron chi connectivity index (χ2n) is 4.53. The number of nitrogens with zero attached hydrogens (tertiary/aromatic N) is 1. The molecular formula is C14H20BrNO. The lowest BCUT2D eigenvalue weighted by Gasteiger charge is -2.27. The van der Waals surface area contributed by atoms with E-state index in [2.05, 4.69) is 36.7 Å². The molecule has 0 radical (unpaired) electrons. The van der Waals surface area contributed by atoms with Crippen molar-refractivity contribution >= 4 is 21.8 Å². The van der Waals surface area contributed by atoms with E-state index in [-0.39, 0.29) is 11.9 Å². The van der Waals surface area contributed by atoms with Crippen molar-refractivity contribution in [2.45, 2.75) is 40.2 Å². The van der Waals surface area contributed by atoms with Crippen LogP contribution in [0.15, 0.2) is 22.7 Å². The fraction of sp³-hybridized carbons (Fsp3) is 0.500. The maximum absolute atomic E-state index is 12.4. The highest BCUT2D eigenvalue weighted by atomic mass is 79.9. The van der Waals surface area contributed by atoms with E-state index in [1.807, 2.05) is 30.0 Å². The Morgan fingerprint density at radius 3 is 2.59 bits per heavy atom. The summed E-state index contributed by atoms with van der Waals surface area (Å²) in [5.41, 5.74) is 1.85. The lowest BCUT2D eigenvalue weighted by Crippen LogP contribution is -2.37. The summed E-state index contributed by atoms with van der Waals surface area (Å²) in [6, 6.07) is 6.04. The molecule has 1 aromatic rings. The molecule has 0 fully saturated rings. The van der Waals surface area contributed by atoms with Crippen LogP contribution in [-0.4, -0.2) is 23.4 Å². The predicted octanol–water partition coefficient (Wildman–Crippen LogP) is 4.02. The van der Waals surface area contributed by atoms with Crippen molar-refractivity contribution in [2.75, 3.05) is 6.54 Å². The standard InChI is InChI=1S/C14H20BrNO/c1-5-9-16(10(2)3)14(17)12-8-6-7-11(4)13(12)15/h6-8,10H,5,9H2,1-4H3. The van der Waals surface area contributed by atoms with Crippen molar-refractivity contribution in [3.63, 3.8) is 0 Å². The van der Waals surface area contributed by atoms with Crippen molar-refractivity contribution in [3.8, 4) is 0 Å². The number of halogens is 1. The summed E-state index contributed by atoms with van der Waals surface area (Å²) in [5, 5.41) is 0. The molecule has 0 aliphatic heterocycles. The highest BCUT2D eigenvalue weighted by Gasteiger charge is 2.20. The first-order valence-corrected chi connectivity index (χ1v) is 6.84. The van der Waals surface area contributed by atoms with Gasteiger partial charge in [-0.25, -0.2) is 0 Å². The van der Waals surface area contributed by atoms with Gasteiger partial charge in [0, 0.05) is 17.1 Å². The van der Waals surface area contributed by atoms with E-state index in [1.54, 1.807) is 0 Å². The summed E-state index contributed by atoms with van der Waals surface area (Å²) in [4.78, 5) is 14.4. The molecule has 0 spiro atoms. The Balaban J connectivity index is 3.05. The summed E-state index contributed by atoms with van der Waals surface area (Å²) >= 11 is 3.50. The lowest BCUT2D eigenvalue weighted by atomic mass is 10.1. The molecule has 0 aliphatic carbocycles. The Kier molecular flexibility index (Phi) is 5.19. The van der Waals surface area contributed by atoms with Gasteiger partial charge in [0.25, 0.3) is 5.91 Å². The van der Waals surface area contributed by atoms with Crippen LogP contribution in [-0.2, 0) is 0 Å². The zero-order chi connectivity index (χ0) is 13.0. The zero-order valence-electron chi connectivity index (χ0n) is 11.0. The van der Waals surface area contributed by atoms with Crippen LogP contribution in [0.2, 0.25) is 0 Å². The van der Waals surface area contributed by atoms with Crippen molar-refractivity contribution in [1.29, 1.82) is 0 Å². The van der Waals surface area contributed by atoms with Crippen molar-refractivity contribution in [2.24, 2.45) is 0 Å². The van der Waals surface area contributed by atoms with Crippen molar-refractivity contribution < 1.29 is 4.79 Å².